The molecule has 0 spiro atoms. The second kappa shape index (κ2) is 4.15. The first-order chi connectivity index (χ1) is 5.68. The zero-order chi connectivity index (χ0) is 8.97. The average Bonchev–Trinajstić information content (AvgIpc) is 2.35. The molecule has 5 heteroatoms. The van der Waals surface area contributed by atoms with Crippen LogP contribution in [0.25, 0.3) is 0 Å². The van der Waals surface area contributed by atoms with Crippen molar-refractivity contribution in [2.24, 2.45) is 0 Å². The highest BCUT2D eigenvalue weighted by Gasteiger charge is 1.97. The van der Waals surface area contributed by atoms with E-state index in [1.54, 1.807) is 10.9 Å². The van der Waals surface area contributed by atoms with Crippen molar-refractivity contribution >= 4 is 17.7 Å². The van der Waals surface area contributed by atoms with E-state index in [0.29, 0.717) is 5.88 Å². The van der Waals surface area contributed by atoms with Gasteiger partial charge in [0.1, 0.15) is 0 Å². The van der Waals surface area contributed by atoms with E-state index in [9.17, 15) is 4.79 Å². The SMILES string of the molecule is Cc1cnn(CSCC(=O)O)c1. The molecule has 4 nitrogen and oxygen atoms in total. The molecular formula is C7H10N2O2S. The number of nitrogens with zero attached hydrogens (tertiary/aromatic N) is 2. The second-order valence-corrected chi connectivity index (χ2v) is 3.38. The maximum atomic E-state index is 10.1. The number of thioether (sulfide) groups is 1. The molecule has 1 rings (SSSR count). The molecular weight excluding hydrogens is 176 g/mol. The van der Waals surface area contributed by atoms with Gasteiger partial charge in [0.25, 0.3) is 0 Å². The highest BCUT2D eigenvalue weighted by atomic mass is 32.2. The van der Waals surface area contributed by atoms with Crippen LogP contribution in [-0.4, -0.2) is 26.6 Å². The smallest absolute Gasteiger partial charge is 0.313 e. The van der Waals surface area contributed by atoms with Gasteiger partial charge in [-0.3, -0.25) is 9.48 Å². The molecule has 12 heavy (non-hydrogen) atoms. The number of hydrogen-bond donors (Lipinski definition) is 1. The van der Waals surface area contributed by atoms with E-state index < -0.39 is 5.97 Å². The quantitative estimate of drug-likeness (QED) is 0.761. The Hall–Kier alpha value is -0.970. The Morgan fingerprint density at radius 2 is 2.58 bits per heavy atom. The van der Waals surface area contributed by atoms with Gasteiger partial charge in [0, 0.05) is 6.20 Å². The zero-order valence-corrected chi connectivity index (χ0v) is 7.54. The maximum Gasteiger partial charge on any atom is 0.313 e. The highest BCUT2D eigenvalue weighted by molar-refractivity contribution is 7.98. The molecule has 0 bridgehead atoms. The number of aromatic nitrogens is 2. The standard InChI is InChI=1S/C7H10N2O2S/c1-6-2-8-9(3-6)5-12-4-7(10)11/h2-3H,4-5H2,1H3,(H,10,11). The number of carboxylic acids is 1. The van der Waals surface area contributed by atoms with Gasteiger partial charge in [0.05, 0.1) is 17.8 Å². The third-order valence-corrected chi connectivity index (χ3v) is 2.11. The zero-order valence-electron chi connectivity index (χ0n) is 6.73. The minimum Gasteiger partial charge on any atom is -0.481 e. The van der Waals surface area contributed by atoms with Crippen LogP contribution < -0.4 is 0 Å². The van der Waals surface area contributed by atoms with E-state index in [1.807, 2.05) is 13.1 Å². The number of hydrogen-bond acceptors (Lipinski definition) is 3. The average molecular weight is 186 g/mol. The molecule has 1 heterocycles. The number of aryl methyl sites for hydroxylation is 1. The lowest BCUT2D eigenvalue weighted by Gasteiger charge is -1.97. The van der Waals surface area contributed by atoms with E-state index in [1.165, 1.54) is 11.8 Å². The number of carboxylic acid groups (broad SMARTS) is 1. The van der Waals surface area contributed by atoms with Crippen LogP contribution in [0.1, 0.15) is 5.56 Å². The third-order valence-electron chi connectivity index (χ3n) is 1.21. The molecule has 0 radical (unpaired) electrons. The van der Waals surface area contributed by atoms with Gasteiger partial charge in [0.15, 0.2) is 0 Å². The topological polar surface area (TPSA) is 55.1 Å². The van der Waals surface area contributed by atoms with Crippen molar-refractivity contribution in [1.82, 2.24) is 9.78 Å². The summed E-state index contributed by atoms with van der Waals surface area (Å²) >= 11 is 1.33. The van der Waals surface area contributed by atoms with Gasteiger partial charge < -0.3 is 5.11 Å². The molecule has 0 atom stereocenters. The maximum absolute atomic E-state index is 10.1. The number of carbonyl (C=O) groups is 1. The van der Waals surface area contributed by atoms with E-state index in [0.717, 1.165) is 5.56 Å². The Kier molecular flexibility index (Phi) is 3.16. The normalized spacial score (nSPS) is 10.1. The van der Waals surface area contributed by atoms with Crippen molar-refractivity contribution in [3.8, 4) is 0 Å². The fraction of sp³-hybridized carbons (Fsp3) is 0.429. The van der Waals surface area contributed by atoms with Gasteiger partial charge in [-0.1, -0.05) is 0 Å². The Labute approximate surface area is 74.6 Å². The second-order valence-electron chi connectivity index (χ2n) is 2.43. The predicted octanol–water partition coefficient (Wildman–Crippen LogP) is 0.967. The summed E-state index contributed by atoms with van der Waals surface area (Å²) in [7, 11) is 0. The van der Waals surface area contributed by atoms with Crippen LogP contribution in [0.4, 0.5) is 0 Å². The molecule has 0 aliphatic rings. The Morgan fingerprint density at radius 3 is 3.08 bits per heavy atom. The fourth-order valence-electron chi connectivity index (χ4n) is 0.764. The van der Waals surface area contributed by atoms with Crippen LogP contribution in [0.2, 0.25) is 0 Å². The van der Waals surface area contributed by atoms with Crippen LogP contribution in [0.15, 0.2) is 12.4 Å². The molecule has 66 valence electrons. The predicted molar refractivity (Wildman–Crippen MR) is 47.1 cm³/mol. The summed E-state index contributed by atoms with van der Waals surface area (Å²) in [6, 6.07) is 0. The fourth-order valence-corrected chi connectivity index (χ4v) is 1.36. The van der Waals surface area contributed by atoms with E-state index >= 15 is 0 Å². The van der Waals surface area contributed by atoms with E-state index in [-0.39, 0.29) is 5.75 Å². The molecule has 1 aromatic rings. The van der Waals surface area contributed by atoms with Crippen LogP contribution in [-0.2, 0) is 10.7 Å². The largest absolute Gasteiger partial charge is 0.481 e. The van der Waals surface area contributed by atoms with Crippen molar-refractivity contribution in [2.75, 3.05) is 5.75 Å². The third kappa shape index (κ3) is 2.96. The van der Waals surface area contributed by atoms with Crippen LogP contribution in [0.3, 0.4) is 0 Å². The van der Waals surface area contributed by atoms with Crippen molar-refractivity contribution < 1.29 is 9.90 Å². The van der Waals surface area contributed by atoms with E-state index in [2.05, 4.69) is 5.10 Å². The molecule has 0 aromatic carbocycles. The molecule has 0 saturated carbocycles. The Bertz CT molecular complexity index is 272. The van der Waals surface area contributed by atoms with Gasteiger partial charge >= 0.3 is 5.97 Å². The van der Waals surface area contributed by atoms with Crippen LogP contribution >= 0.6 is 11.8 Å². The molecule has 0 aliphatic carbocycles. The van der Waals surface area contributed by atoms with Crippen molar-refractivity contribution in [1.29, 1.82) is 0 Å². The molecule has 0 saturated heterocycles. The van der Waals surface area contributed by atoms with Crippen molar-refractivity contribution in [2.45, 2.75) is 12.8 Å². The lowest BCUT2D eigenvalue weighted by Crippen LogP contribution is -2.01. The summed E-state index contributed by atoms with van der Waals surface area (Å²) in [4.78, 5) is 10.1. The van der Waals surface area contributed by atoms with Crippen LogP contribution in [0.5, 0.6) is 0 Å². The Morgan fingerprint density at radius 1 is 1.83 bits per heavy atom. The van der Waals surface area contributed by atoms with Gasteiger partial charge in [-0.25, -0.2) is 0 Å². The molecule has 0 fully saturated rings. The highest BCUT2D eigenvalue weighted by Crippen LogP contribution is 2.04. The van der Waals surface area contributed by atoms with Gasteiger partial charge in [-0.2, -0.15) is 5.10 Å². The molecule has 1 N–H and O–H groups in total. The summed E-state index contributed by atoms with van der Waals surface area (Å²) in [5, 5.41) is 12.4. The number of aliphatic carboxylic acids is 1. The monoisotopic (exact) mass is 186 g/mol. The minimum atomic E-state index is -0.788. The van der Waals surface area contributed by atoms with Gasteiger partial charge in [-0.15, -0.1) is 11.8 Å². The van der Waals surface area contributed by atoms with Crippen LogP contribution in [0, 0.1) is 6.92 Å². The van der Waals surface area contributed by atoms with Gasteiger partial charge in [-0.05, 0) is 12.5 Å². The minimum absolute atomic E-state index is 0.124. The molecule has 0 amide bonds. The lowest BCUT2D eigenvalue weighted by molar-refractivity contribution is -0.133. The summed E-state index contributed by atoms with van der Waals surface area (Å²) in [5.41, 5.74) is 1.09. The molecule has 1 aromatic heterocycles. The first kappa shape index (κ1) is 9.12. The Balaban J connectivity index is 2.29. The molecule has 0 unspecified atom stereocenters. The summed E-state index contributed by atoms with van der Waals surface area (Å²) in [6.45, 7) is 1.95. The summed E-state index contributed by atoms with van der Waals surface area (Å²) in [5.74, 6) is -0.0668. The lowest BCUT2D eigenvalue weighted by atomic mass is 10.4. The van der Waals surface area contributed by atoms with E-state index in [4.69, 9.17) is 5.11 Å². The first-order valence-corrected chi connectivity index (χ1v) is 4.62. The van der Waals surface area contributed by atoms with Crippen molar-refractivity contribution in [3.05, 3.63) is 18.0 Å². The van der Waals surface area contributed by atoms with Gasteiger partial charge in [0.2, 0.25) is 0 Å². The summed E-state index contributed by atoms with van der Waals surface area (Å²) in [6.07, 6.45) is 3.64. The number of rotatable bonds is 4. The summed E-state index contributed by atoms with van der Waals surface area (Å²) < 4.78 is 1.73. The first-order valence-electron chi connectivity index (χ1n) is 3.47. The molecule has 0 aliphatic heterocycles. The van der Waals surface area contributed by atoms with Crippen molar-refractivity contribution in [3.63, 3.8) is 0 Å².